The smallest absolute Gasteiger partial charge is 0.272 e. The molecule has 0 atom stereocenters. The Kier molecular flexibility index (Phi) is 5.22. The molecule has 0 bridgehead atoms. The van der Waals surface area contributed by atoms with Crippen molar-refractivity contribution in [2.75, 3.05) is 10.0 Å². The van der Waals surface area contributed by atoms with Crippen molar-refractivity contribution < 1.29 is 13.2 Å². The van der Waals surface area contributed by atoms with Crippen LogP contribution in [0.25, 0.3) is 0 Å². The minimum absolute atomic E-state index is 0.0141. The summed E-state index contributed by atoms with van der Waals surface area (Å²) in [5.74, 6) is -0.439. The highest BCUT2D eigenvalue weighted by atomic mass is 35.5. The Morgan fingerprint density at radius 1 is 1.00 bits per heavy atom. The molecule has 3 rings (SSSR count). The lowest BCUT2D eigenvalue weighted by Gasteiger charge is -2.11. The number of amides is 1. The van der Waals surface area contributed by atoms with Gasteiger partial charge in [0.15, 0.2) is 0 Å². The Balaban J connectivity index is 1.82. The van der Waals surface area contributed by atoms with Crippen molar-refractivity contribution in [1.29, 1.82) is 0 Å². The second kappa shape index (κ2) is 7.41. The zero-order valence-corrected chi connectivity index (χ0v) is 15.5. The standard InChI is InChI=1S/C17H13Cl2N3O3S/c18-11-8-16(20-10-11)17(23)21-12-4-3-5-13(9-12)26(24,25)22-15-7-2-1-6-14(15)19/h1-10,20,22H,(H,21,23). The molecule has 1 aromatic heterocycles. The number of halogens is 2. The van der Waals surface area contributed by atoms with Crippen LogP contribution in [0.15, 0.2) is 65.7 Å². The summed E-state index contributed by atoms with van der Waals surface area (Å²) in [5, 5.41) is 3.29. The minimum Gasteiger partial charge on any atom is -0.356 e. The van der Waals surface area contributed by atoms with Gasteiger partial charge in [0.05, 0.1) is 20.6 Å². The van der Waals surface area contributed by atoms with Gasteiger partial charge in [-0.1, -0.05) is 41.4 Å². The van der Waals surface area contributed by atoms with E-state index < -0.39 is 15.9 Å². The molecule has 9 heteroatoms. The normalized spacial score (nSPS) is 11.2. The van der Waals surface area contributed by atoms with E-state index in [1.54, 1.807) is 30.3 Å². The Bertz CT molecular complexity index is 1060. The molecule has 3 N–H and O–H groups in total. The van der Waals surface area contributed by atoms with Crippen LogP contribution >= 0.6 is 23.2 Å². The summed E-state index contributed by atoms with van der Waals surface area (Å²) in [5.41, 5.74) is 0.852. The number of sulfonamides is 1. The molecule has 0 aliphatic carbocycles. The van der Waals surface area contributed by atoms with Gasteiger partial charge in [0.2, 0.25) is 0 Å². The van der Waals surface area contributed by atoms with E-state index in [-0.39, 0.29) is 21.3 Å². The summed E-state index contributed by atoms with van der Waals surface area (Å²) in [6, 6.07) is 13.8. The molecule has 0 unspecified atom stereocenters. The molecule has 0 saturated heterocycles. The predicted octanol–water partition coefficient (Wildman–Crippen LogP) is 4.37. The topological polar surface area (TPSA) is 91.1 Å². The van der Waals surface area contributed by atoms with E-state index in [0.717, 1.165) is 0 Å². The number of carbonyl (C=O) groups is 1. The molecule has 3 aromatic rings. The molecule has 1 heterocycles. The molecule has 6 nitrogen and oxygen atoms in total. The lowest BCUT2D eigenvalue weighted by molar-refractivity contribution is 0.102. The Morgan fingerprint density at radius 3 is 2.46 bits per heavy atom. The number of hydrogen-bond donors (Lipinski definition) is 3. The van der Waals surface area contributed by atoms with Gasteiger partial charge in [-0.2, -0.15) is 0 Å². The molecular weight excluding hydrogens is 397 g/mol. The van der Waals surface area contributed by atoms with Crippen LogP contribution in [0.5, 0.6) is 0 Å². The van der Waals surface area contributed by atoms with Crippen LogP contribution in [0.3, 0.4) is 0 Å². The summed E-state index contributed by atoms with van der Waals surface area (Å²) in [6.07, 6.45) is 1.48. The number of benzene rings is 2. The van der Waals surface area contributed by atoms with Gasteiger partial charge in [-0.25, -0.2) is 8.42 Å². The molecule has 0 aliphatic rings. The Hall–Kier alpha value is -2.48. The van der Waals surface area contributed by atoms with E-state index in [1.165, 1.54) is 30.5 Å². The van der Waals surface area contributed by atoms with Crippen molar-refractivity contribution in [3.8, 4) is 0 Å². The van der Waals surface area contributed by atoms with Crippen molar-refractivity contribution >= 4 is 50.5 Å². The van der Waals surface area contributed by atoms with Gasteiger partial charge in [-0.05, 0) is 36.4 Å². The van der Waals surface area contributed by atoms with E-state index in [2.05, 4.69) is 15.0 Å². The first-order valence-electron chi connectivity index (χ1n) is 7.38. The molecule has 0 aliphatic heterocycles. The van der Waals surface area contributed by atoms with Crippen LogP contribution in [0, 0.1) is 0 Å². The number of H-pyrrole nitrogens is 1. The summed E-state index contributed by atoms with van der Waals surface area (Å²) in [6.45, 7) is 0. The van der Waals surface area contributed by atoms with Crippen molar-refractivity contribution in [1.82, 2.24) is 4.98 Å². The second-order valence-electron chi connectivity index (χ2n) is 5.30. The number of carbonyl (C=O) groups excluding carboxylic acids is 1. The number of para-hydroxylation sites is 1. The number of nitrogens with one attached hydrogen (secondary N) is 3. The fourth-order valence-corrected chi connectivity index (χ4v) is 3.71. The van der Waals surface area contributed by atoms with E-state index in [4.69, 9.17) is 23.2 Å². The predicted molar refractivity (Wildman–Crippen MR) is 102 cm³/mol. The number of rotatable bonds is 5. The number of aromatic nitrogens is 1. The zero-order chi connectivity index (χ0) is 18.7. The quantitative estimate of drug-likeness (QED) is 0.583. The van der Waals surface area contributed by atoms with Gasteiger partial charge in [0.25, 0.3) is 15.9 Å². The van der Waals surface area contributed by atoms with Gasteiger partial charge in [-0.15, -0.1) is 0 Å². The monoisotopic (exact) mass is 409 g/mol. The molecule has 134 valence electrons. The minimum atomic E-state index is -3.87. The molecule has 1 amide bonds. The van der Waals surface area contributed by atoms with E-state index in [1.807, 2.05) is 0 Å². The third-order valence-electron chi connectivity index (χ3n) is 3.41. The summed E-state index contributed by atoms with van der Waals surface area (Å²) in [4.78, 5) is 14.8. The van der Waals surface area contributed by atoms with Gasteiger partial charge in [0.1, 0.15) is 5.69 Å². The molecule has 0 saturated carbocycles. The second-order valence-corrected chi connectivity index (χ2v) is 7.82. The van der Waals surface area contributed by atoms with Crippen LogP contribution in [0.1, 0.15) is 10.5 Å². The highest BCUT2D eigenvalue weighted by Gasteiger charge is 2.17. The van der Waals surface area contributed by atoms with Gasteiger partial charge < -0.3 is 10.3 Å². The molecule has 0 radical (unpaired) electrons. The third kappa shape index (κ3) is 4.19. The maximum absolute atomic E-state index is 12.6. The van der Waals surface area contributed by atoms with Gasteiger partial charge in [0, 0.05) is 11.9 Å². The summed E-state index contributed by atoms with van der Waals surface area (Å²) < 4.78 is 27.5. The maximum Gasteiger partial charge on any atom is 0.272 e. The lowest BCUT2D eigenvalue weighted by Crippen LogP contribution is -2.15. The van der Waals surface area contributed by atoms with Crippen LogP contribution < -0.4 is 10.0 Å². The largest absolute Gasteiger partial charge is 0.356 e. The lowest BCUT2D eigenvalue weighted by atomic mass is 10.3. The van der Waals surface area contributed by atoms with E-state index in [0.29, 0.717) is 10.7 Å². The first kappa shape index (κ1) is 18.3. The molecule has 2 aromatic carbocycles. The highest BCUT2D eigenvalue weighted by Crippen LogP contribution is 2.25. The van der Waals surface area contributed by atoms with Crippen LogP contribution in [0.4, 0.5) is 11.4 Å². The average molecular weight is 410 g/mol. The van der Waals surface area contributed by atoms with Crippen molar-refractivity contribution in [3.05, 3.63) is 76.5 Å². The van der Waals surface area contributed by atoms with E-state index in [9.17, 15) is 13.2 Å². The SMILES string of the molecule is O=C(Nc1cccc(S(=O)(=O)Nc2ccccc2Cl)c1)c1cc(Cl)c[nH]1. The summed E-state index contributed by atoms with van der Waals surface area (Å²) >= 11 is 11.8. The molecule has 0 spiro atoms. The fraction of sp³-hybridized carbons (Fsp3) is 0. The van der Waals surface area contributed by atoms with Gasteiger partial charge >= 0.3 is 0 Å². The Labute approximate surface area is 160 Å². The third-order valence-corrected chi connectivity index (χ3v) is 5.32. The Morgan fingerprint density at radius 2 is 1.77 bits per heavy atom. The van der Waals surface area contributed by atoms with Crippen molar-refractivity contribution in [2.45, 2.75) is 4.90 Å². The fourth-order valence-electron chi connectivity index (χ4n) is 2.19. The highest BCUT2D eigenvalue weighted by molar-refractivity contribution is 7.92. The van der Waals surface area contributed by atoms with Crippen molar-refractivity contribution in [2.24, 2.45) is 0 Å². The van der Waals surface area contributed by atoms with Crippen LogP contribution in [-0.2, 0) is 10.0 Å². The first-order chi connectivity index (χ1) is 12.3. The molecule has 0 fully saturated rings. The van der Waals surface area contributed by atoms with Crippen LogP contribution in [0.2, 0.25) is 10.0 Å². The van der Waals surface area contributed by atoms with Crippen molar-refractivity contribution in [3.63, 3.8) is 0 Å². The zero-order valence-electron chi connectivity index (χ0n) is 13.2. The number of anilines is 2. The van der Waals surface area contributed by atoms with Gasteiger partial charge in [-0.3, -0.25) is 9.52 Å². The summed E-state index contributed by atoms with van der Waals surface area (Å²) in [7, 11) is -3.87. The first-order valence-corrected chi connectivity index (χ1v) is 9.62. The average Bonchev–Trinajstić information content (AvgIpc) is 3.04. The molecular formula is C17H13Cl2N3O3S. The number of aromatic amines is 1. The molecule has 26 heavy (non-hydrogen) atoms. The number of hydrogen-bond acceptors (Lipinski definition) is 3. The van der Waals surface area contributed by atoms with Crippen LogP contribution in [-0.4, -0.2) is 19.3 Å². The maximum atomic E-state index is 12.6. The van der Waals surface area contributed by atoms with E-state index >= 15 is 0 Å².